The fourth-order valence-corrected chi connectivity index (χ4v) is 3.15. The highest BCUT2D eigenvalue weighted by Gasteiger charge is 2.11. The second kappa shape index (κ2) is 11.9. The number of anilines is 1. The summed E-state index contributed by atoms with van der Waals surface area (Å²) in [5.41, 5.74) is 9.44. The van der Waals surface area contributed by atoms with E-state index >= 15 is 0 Å². The molecule has 3 N–H and O–H groups in total. The normalized spacial score (nSPS) is 13.6. The van der Waals surface area contributed by atoms with Gasteiger partial charge in [-0.3, -0.25) is 4.90 Å². The lowest BCUT2D eigenvalue weighted by atomic mass is 10.1. The molecule has 0 atom stereocenters. The lowest BCUT2D eigenvalue weighted by Gasteiger charge is -2.19. The largest absolute Gasteiger partial charge is 0.490 e. The zero-order valence-electron chi connectivity index (χ0n) is 17.2. The molecule has 1 aliphatic heterocycles. The third-order valence-corrected chi connectivity index (χ3v) is 4.85. The molecule has 1 aliphatic rings. The van der Waals surface area contributed by atoms with E-state index in [-0.39, 0.29) is 24.0 Å². The minimum atomic E-state index is 0. The number of aliphatic imine (C=N–C) groups is 1. The van der Waals surface area contributed by atoms with Crippen molar-refractivity contribution in [3.8, 4) is 11.5 Å². The van der Waals surface area contributed by atoms with Gasteiger partial charge in [-0.2, -0.15) is 0 Å². The van der Waals surface area contributed by atoms with Crippen molar-refractivity contribution in [1.82, 2.24) is 4.90 Å². The van der Waals surface area contributed by atoms with Crippen LogP contribution in [0, 0.1) is 0 Å². The van der Waals surface area contributed by atoms with E-state index in [2.05, 4.69) is 47.3 Å². The molecular formula is C22H31IN4O2. The molecule has 29 heavy (non-hydrogen) atoms. The Balaban J connectivity index is 0.00000300. The van der Waals surface area contributed by atoms with Crippen molar-refractivity contribution >= 4 is 35.6 Å². The van der Waals surface area contributed by atoms with Gasteiger partial charge in [0.1, 0.15) is 0 Å². The number of halogens is 1. The molecule has 0 radical (unpaired) electrons. The molecule has 0 spiro atoms. The van der Waals surface area contributed by atoms with Gasteiger partial charge < -0.3 is 20.5 Å². The first-order chi connectivity index (χ1) is 13.7. The third-order valence-electron chi connectivity index (χ3n) is 4.85. The highest BCUT2D eigenvalue weighted by Crippen LogP contribution is 2.32. The van der Waals surface area contributed by atoms with Crippen LogP contribution < -0.4 is 20.5 Å². The minimum absolute atomic E-state index is 0. The highest BCUT2D eigenvalue weighted by atomic mass is 127. The van der Waals surface area contributed by atoms with Crippen LogP contribution in [0.1, 0.15) is 31.4 Å². The van der Waals surface area contributed by atoms with Crippen molar-refractivity contribution in [3.05, 3.63) is 53.6 Å². The van der Waals surface area contributed by atoms with Crippen LogP contribution in [0.4, 0.5) is 5.69 Å². The molecule has 0 aliphatic carbocycles. The topological polar surface area (TPSA) is 72.1 Å². The first-order valence-electron chi connectivity index (χ1n) is 9.95. The monoisotopic (exact) mass is 510 g/mol. The van der Waals surface area contributed by atoms with E-state index < -0.39 is 0 Å². The van der Waals surface area contributed by atoms with Crippen molar-refractivity contribution < 1.29 is 9.47 Å². The van der Waals surface area contributed by atoms with Gasteiger partial charge in [-0.25, -0.2) is 4.99 Å². The van der Waals surface area contributed by atoms with E-state index in [0.717, 1.165) is 43.2 Å². The number of fused-ring (bicyclic) bond motifs is 1. The molecule has 1 heterocycles. The molecule has 0 bridgehead atoms. The van der Waals surface area contributed by atoms with E-state index in [4.69, 9.17) is 15.2 Å². The molecule has 0 amide bonds. The van der Waals surface area contributed by atoms with Crippen LogP contribution in [0.15, 0.2) is 47.5 Å². The maximum Gasteiger partial charge on any atom is 0.193 e. The van der Waals surface area contributed by atoms with Crippen molar-refractivity contribution in [1.29, 1.82) is 0 Å². The standard InChI is InChI=1S/C22H30N4O2.HI/c1-3-26(4-2)16-18-9-6-5-8-17(18)15-24-22(23)25-19-10-11-20-21(14-19)28-13-7-12-27-20;/h5-6,8-11,14H,3-4,7,12-13,15-16H2,1-2H3,(H3,23,24,25);1H. The number of hydrogen-bond acceptors (Lipinski definition) is 4. The number of nitrogens with two attached hydrogens (primary N) is 1. The van der Waals surface area contributed by atoms with Gasteiger partial charge >= 0.3 is 0 Å². The number of nitrogens with one attached hydrogen (secondary N) is 1. The number of hydrogen-bond donors (Lipinski definition) is 2. The van der Waals surface area contributed by atoms with Gasteiger partial charge in [-0.15, -0.1) is 24.0 Å². The van der Waals surface area contributed by atoms with Crippen molar-refractivity contribution in [2.24, 2.45) is 10.7 Å². The fraction of sp³-hybridized carbons (Fsp3) is 0.409. The summed E-state index contributed by atoms with van der Waals surface area (Å²) in [6, 6.07) is 14.1. The van der Waals surface area contributed by atoms with Crippen LogP contribution in [0.25, 0.3) is 0 Å². The Morgan fingerprint density at radius 2 is 1.72 bits per heavy atom. The van der Waals surface area contributed by atoms with Crippen molar-refractivity contribution in [3.63, 3.8) is 0 Å². The Bertz CT molecular complexity index is 809. The molecule has 158 valence electrons. The molecule has 0 aromatic heterocycles. The highest BCUT2D eigenvalue weighted by molar-refractivity contribution is 14.0. The van der Waals surface area contributed by atoms with E-state index in [1.165, 1.54) is 11.1 Å². The average Bonchev–Trinajstić information content (AvgIpc) is 2.96. The smallest absolute Gasteiger partial charge is 0.193 e. The van der Waals surface area contributed by atoms with Crippen molar-refractivity contribution in [2.75, 3.05) is 31.6 Å². The fourth-order valence-electron chi connectivity index (χ4n) is 3.15. The van der Waals surface area contributed by atoms with Crippen LogP contribution in [0.2, 0.25) is 0 Å². The van der Waals surface area contributed by atoms with Gasteiger partial charge in [0, 0.05) is 24.7 Å². The molecule has 2 aromatic carbocycles. The Morgan fingerprint density at radius 1 is 1.03 bits per heavy atom. The lowest BCUT2D eigenvalue weighted by molar-refractivity contribution is 0.295. The van der Waals surface area contributed by atoms with Gasteiger partial charge in [-0.1, -0.05) is 38.1 Å². The number of guanidine groups is 1. The van der Waals surface area contributed by atoms with E-state index in [1.807, 2.05) is 24.3 Å². The Labute approximate surface area is 190 Å². The van der Waals surface area contributed by atoms with Crippen molar-refractivity contribution in [2.45, 2.75) is 33.4 Å². The summed E-state index contributed by atoms with van der Waals surface area (Å²) in [4.78, 5) is 6.92. The zero-order chi connectivity index (χ0) is 19.8. The Hall–Kier alpha value is -2.00. The predicted octanol–water partition coefficient (Wildman–Crippen LogP) is 4.23. The number of benzene rings is 2. The maximum atomic E-state index is 6.12. The second-order valence-corrected chi connectivity index (χ2v) is 6.77. The number of ether oxygens (including phenoxy) is 2. The van der Waals surface area contributed by atoms with Crippen LogP contribution in [0.5, 0.6) is 11.5 Å². The van der Waals surface area contributed by atoms with Crippen LogP contribution in [-0.2, 0) is 13.1 Å². The van der Waals surface area contributed by atoms with Gasteiger partial charge in [0.15, 0.2) is 17.5 Å². The SMILES string of the molecule is CCN(CC)Cc1ccccc1CN=C(N)Nc1ccc2c(c1)OCCCO2.I. The predicted molar refractivity (Wildman–Crippen MR) is 129 cm³/mol. The molecule has 0 unspecified atom stereocenters. The van der Waals surface area contributed by atoms with Crippen LogP contribution in [0.3, 0.4) is 0 Å². The maximum absolute atomic E-state index is 6.12. The third kappa shape index (κ3) is 6.78. The zero-order valence-corrected chi connectivity index (χ0v) is 19.5. The lowest BCUT2D eigenvalue weighted by Crippen LogP contribution is -2.24. The van der Waals surface area contributed by atoms with Gasteiger partial charge in [0.05, 0.1) is 19.8 Å². The quantitative estimate of drug-likeness (QED) is 0.332. The summed E-state index contributed by atoms with van der Waals surface area (Å²) in [6.07, 6.45) is 0.883. The molecule has 0 fully saturated rings. The molecule has 7 heteroatoms. The number of nitrogens with zero attached hydrogens (tertiary/aromatic N) is 2. The van der Waals surface area contributed by atoms with Crippen LogP contribution in [-0.4, -0.2) is 37.2 Å². The first kappa shape index (κ1) is 23.3. The van der Waals surface area contributed by atoms with Crippen LogP contribution >= 0.6 is 24.0 Å². The molecule has 6 nitrogen and oxygen atoms in total. The number of rotatable bonds is 7. The summed E-state index contributed by atoms with van der Waals surface area (Å²) >= 11 is 0. The summed E-state index contributed by atoms with van der Waals surface area (Å²) in [6.45, 7) is 9.22. The minimum Gasteiger partial charge on any atom is -0.490 e. The summed E-state index contributed by atoms with van der Waals surface area (Å²) in [5.74, 6) is 1.89. The van der Waals surface area contributed by atoms with Gasteiger partial charge in [0.25, 0.3) is 0 Å². The molecule has 0 saturated heterocycles. The summed E-state index contributed by atoms with van der Waals surface area (Å²) < 4.78 is 11.4. The molecule has 3 rings (SSSR count). The van der Waals surface area contributed by atoms with Gasteiger partial charge in [-0.05, 0) is 36.3 Å². The Kier molecular flexibility index (Phi) is 9.53. The first-order valence-corrected chi connectivity index (χ1v) is 9.95. The van der Waals surface area contributed by atoms with E-state index in [0.29, 0.717) is 25.7 Å². The second-order valence-electron chi connectivity index (χ2n) is 6.77. The Morgan fingerprint density at radius 3 is 2.45 bits per heavy atom. The molecule has 0 saturated carbocycles. The van der Waals surface area contributed by atoms with E-state index in [9.17, 15) is 0 Å². The average molecular weight is 510 g/mol. The van der Waals surface area contributed by atoms with E-state index in [1.54, 1.807) is 0 Å². The molecular weight excluding hydrogens is 479 g/mol. The molecule has 2 aromatic rings. The van der Waals surface area contributed by atoms with Gasteiger partial charge in [0.2, 0.25) is 0 Å². The summed E-state index contributed by atoms with van der Waals surface area (Å²) in [5, 5.41) is 3.15. The summed E-state index contributed by atoms with van der Waals surface area (Å²) in [7, 11) is 0.